The number of aromatic nitrogens is 3. The van der Waals surface area contributed by atoms with Crippen molar-refractivity contribution < 1.29 is 4.79 Å². The number of nitrogens with one attached hydrogen (secondary N) is 1. The van der Waals surface area contributed by atoms with Gasteiger partial charge in [-0.05, 0) is 19.1 Å². The second-order valence-electron chi connectivity index (χ2n) is 3.98. The number of hydrogen-bond acceptors (Lipinski definition) is 4. The Kier molecular flexibility index (Phi) is 2.96. The zero-order valence-electron chi connectivity index (χ0n) is 9.92. The van der Waals surface area contributed by atoms with Gasteiger partial charge in [-0.3, -0.25) is 9.20 Å². The molecule has 0 aliphatic heterocycles. The number of carbonyl (C=O) groups is 1. The molecular formula is C12H9ClN4OS. The quantitative estimate of drug-likeness (QED) is 0.739. The first-order chi connectivity index (χ1) is 9.11. The van der Waals surface area contributed by atoms with E-state index >= 15 is 0 Å². The normalized spacial score (nSPS) is 10.8. The number of nitrogens with zero attached hydrogens (tertiary/aromatic N) is 3. The Labute approximate surface area is 117 Å². The standard InChI is InChI=1S/C12H9ClN4OS/c1-7-5-17-6-9(16-12(17)19-7)11(18)15-8-2-3-14-10(13)4-8/h2-6H,1H3,(H,14,15,18). The van der Waals surface area contributed by atoms with E-state index in [2.05, 4.69) is 15.3 Å². The molecule has 1 N–H and O–H groups in total. The van der Waals surface area contributed by atoms with Gasteiger partial charge in [-0.25, -0.2) is 9.97 Å². The number of imidazole rings is 1. The molecule has 0 saturated heterocycles. The van der Waals surface area contributed by atoms with Gasteiger partial charge in [0.2, 0.25) is 0 Å². The minimum atomic E-state index is -0.268. The predicted octanol–water partition coefficient (Wildman–Crippen LogP) is 3.00. The molecule has 0 spiro atoms. The van der Waals surface area contributed by atoms with Crippen LogP contribution in [0, 0.1) is 6.92 Å². The highest BCUT2D eigenvalue weighted by Gasteiger charge is 2.12. The van der Waals surface area contributed by atoms with Gasteiger partial charge in [0, 0.05) is 29.2 Å². The maximum Gasteiger partial charge on any atom is 0.275 e. The molecule has 0 unspecified atom stereocenters. The Morgan fingerprint density at radius 1 is 1.47 bits per heavy atom. The number of amides is 1. The van der Waals surface area contributed by atoms with Gasteiger partial charge >= 0.3 is 0 Å². The summed E-state index contributed by atoms with van der Waals surface area (Å²) in [6.07, 6.45) is 5.18. The molecule has 3 heterocycles. The topological polar surface area (TPSA) is 59.3 Å². The van der Waals surface area contributed by atoms with Gasteiger partial charge < -0.3 is 5.32 Å². The zero-order valence-corrected chi connectivity index (χ0v) is 11.5. The van der Waals surface area contributed by atoms with Crippen LogP contribution in [0.15, 0.2) is 30.7 Å². The van der Waals surface area contributed by atoms with Gasteiger partial charge in [-0.15, -0.1) is 11.3 Å². The van der Waals surface area contributed by atoms with Crippen LogP contribution < -0.4 is 5.32 Å². The smallest absolute Gasteiger partial charge is 0.275 e. The van der Waals surface area contributed by atoms with Crippen LogP contribution in [-0.2, 0) is 0 Å². The van der Waals surface area contributed by atoms with Crippen LogP contribution in [0.3, 0.4) is 0 Å². The molecule has 0 aliphatic carbocycles. The molecule has 0 aromatic carbocycles. The lowest BCUT2D eigenvalue weighted by Gasteiger charge is -2.02. The molecule has 3 aromatic heterocycles. The van der Waals surface area contributed by atoms with Gasteiger partial charge in [0.1, 0.15) is 10.8 Å². The van der Waals surface area contributed by atoms with E-state index in [0.717, 1.165) is 9.84 Å². The molecule has 0 bridgehead atoms. The maximum absolute atomic E-state index is 12.0. The van der Waals surface area contributed by atoms with Crippen molar-refractivity contribution >= 4 is 39.5 Å². The molecule has 0 radical (unpaired) electrons. The molecule has 96 valence electrons. The lowest BCUT2D eigenvalue weighted by Crippen LogP contribution is -2.12. The van der Waals surface area contributed by atoms with Gasteiger partial charge in [0.25, 0.3) is 5.91 Å². The first-order valence-electron chi connectivity index (χ1n) is 5.50. The average Bonchev–Trinajstić information content (AvgIpc) is 2.86. The summed E-state index contributed by atoms with van der Waals surface area (Å²) in [6.45, 7) is 2.00. The summed E-state index contributed by atoms with van der Waals surface area (Å²) < 4.78 is 1.84. The number of fused-ring (bicyclic) bond motifs is 1. The van der Waals surface area contributed by atoms with Crippen LogP contribution in [0.25, 0.3) is 4.96 Å². The third kappa shape index (κ3) is 2.45. The number of thiazole rings is 1. The lowest BCUT2D eigenvalue weighted by molar-refractivity contribution is 0.102. The number of aryl methyl sites for hydroxylation is 1. The Bertz CT molecular complexity index is 733. The van der Waals surface area contributed by atoms with E-state index < -0.39 is 0 Å². The molecular weight excluding hydrogens is 284 g/mol. The van der Waals surface area contributed by atoms with E-state index in [0.29, 0.717) is 16.5 Å². The van der Waals surface area contributed by atoms with E-state index in [1.165, 1.54) is 17.5 Å². The van der Waals surface area contributed by atoms with E-state index in [9.17, 15) is 4.79 Å². The number of carbonyl (C=O) groups excluding carboxylic acids is 1. The monoisotopic (exact) mass is 292 g/mol. The van der Waals surface area contributed by atoms with Crippen LogP contribution >= 0.6 is 22.9 Å². The number of rotatable bonds is 2. The van der Waals surface area contributed by atoms with Crippen molar-refractivity contribution in [3.05, 3.63) is 46.4 Å². The van der Waals surface area contributed by atoms with Gasteiger partial charge in [-0.2, -0.15) is 0 Å². The highest BCUT2D eigenvalue weighted by atomic mass is 35.5. The summed E-state index contributed by atoms with van der Waals surface area (Å²) in [5.41, 5.74) is 0.969. The average molecular weight is 293 g/mol. The molecule has 1 amide bonds. The van der Waals surface area contributed by atoms with Gasteiger partial charge in [0.15, 0.2) is 4.96 Å². The lowest BCUT2D eigenvalue weighted by atomic mass is 10.3. The molecule has 7 heteroatoms. The summed E-state index contributed by atoms with van der Waals surface area (Å²) in [6, 6.07) is 3.26. The second-order valence-corrected chi connectivity index (χ2v) is 5.58. The number of anilines is 1. The van der Waals surface area contributed by atoms with Crippen LogP contribution in [0.4, 0.5) is 5.69 Å². The van der Waals surface area contributed by atoms with E-state index in [1.54, 1.807) is 18.3 Å². The highest BCUT2D eigenvalue weighted by molar-refractivity contribution is 7.17. The summed E-state index contributed by atoms with van der Waals surface area (Å²) in [5, 5.41) is 3.06. The first kappa shape index (κ1) is 12.1. The van der Waals surface area contributed by atoms with Crippen molar-refractivity contribution in [2.75, 3.05) is 5.32 Å². The summed E-state index contributed by atoms with van der Waals surface area (Å²) in [4.78, 5) is 22.1. The Morgan fingerprint density at radius 3 is 3.05 bits per heavy atom. The minimum Gasteiger partial charge on any atom is -0.320 e. The third-order valence-corrected chi connectivity index (χ3v) is 3.61. The van der Waals surface area contributed by atoms with Crippen molar-refractivity contribution in [2.45, 2.75) is 6.92 Å². The fourth-order valence-corrected chi connectivity index (χ4v) is 2.68. The van der Waals surface area contributed by atoms with Gasteiger partial charge in [0.05, 0.1) is 0 Å². The zero-order chi connectivity index (χ0) is 13.4. The van der Waals surface area contributed by atoms with Crippen LogP contribution in [0.2, 0.25) is 5.15 Å². The van der Waals surface area contributed by atoms with Crippen molar-refractivity contribution in [2.24, 2.45) is 0 Å². The van der Waals surface area contributed by atoms with E-state index in [1.807, 2.05) is 17.5 Å². The molecule has 0 saturated carbocycles. The second kappa shape index (κ2) is 4.64. The number of halogens is 1. The van der Waals surface area contributed by atoms with Crippen molar-refractivity contribution in [3.63, 3.8) is 0 Å². The Balaban J connectivity index is 1.85. The molecule has 19 heavy (non-hydrogen) atoms. The predicted molar refractivity (Wildman–Crippen MR) is 75.0 cm³/mol. The molecule has 3 aromatic rings. The van der Waals surface area contributed by atoms with E-state index in [4.69, 9.17) is 11.6 Å². The first-order valence-corrected chi connectivity index (χ1v) is 6.69. The van der Waals surface area contributed by atoms with Crippen molar-refractivity contribution in [3.8, 4) is 0 Å². The van der Waals surface area contributed by atoms with Crippen molar-refractivity contribution in [1.82, 2.24) is 14.4 Å². The number of hydrogen-bond donors (Lipinski definition) is 1. The van der Waals surface area contributed by atoms with Crippen LogP contribution in [0.5, 0.6) is 0 Å². The summed E-state index contributed by atoms with van der Waals surface area (Å²) >= 11 is 7.30. The van der Waals surface area contributed by atoms with Crippen LogP contribution in [-0.4, -0.2) is 20.3 Å². The Morgan fingerprint density at radius 2 is 2.32 bits per heavy atom. The molecule has 5 nitrogen and oxygen atoms in total. The minimum absolute atomic E-state index is 0.268. The largest absolute Gasteiger partial charge is 0.320 e. The molecule has 0 aliphatic rings. The molecule has 3 rings (SSSR count). The molecule has 0 fully saturated rings. The third-order valence-electron chi connectivity index (χ3n) is 2.49. The van der Waals surface area contributed by atoms with Crippen LogP contribution in [0.1, 0.15) is 15.4 Å². The highest BCUT2D eigenvalue weighted by Crippen LogP contribution is 2.18. The summed E-state index contributed by atoms with van der Waals surface area (Å²) in [7, 11) is 0. The maximum atomic E-state index is 12.0. The van der Waals surface area contributed by atoms with Gasteiger partial charge in [-0.1, -0.05) is 11.6 Å². The Hall–Kier alpha value is -1.92. The SMILES string of the molecule is Cc1cn2cc(C(=O)Nc3ccnc(Cl)c3)nc2s1. The van der Waals surface area contributed by atoms with Crippen molar-refractivity contribution in [1.29, 1.82) is 0 Å². The summed E-state index contributed by atoms with van der Waals surface area (Å²) in [5.74, 6) is -0.268. The number of pyridine rings is 1. The fourth-order valence-electron chi connectivity index (χ4n) is 1.70. The molecule has 0 atom stereocenters. The fraction of sp³-hybridized carbons (Fsp3) is 0.0833. The van der Waals surface area contributed by atoms with E-state index in [-0.39, 0.29) is 5.91 Å².